The molecule has 0 aromatic heterocycles. The van der Waals surface area contributed by atoms with Crippen LogP contribution in [0.1, 0.15) is 64.7 Å². The number of hydrogen-bond acceptors (Lipinski definition) is 1. The third-order valence-corrected chi connectivity index (χ3v) is 5.10. The molecule has 2 saturated carbocycles. The second kappa shape index (κ2) is 7.16. The van der Waals surface area contributed by atoms with E-state index in [-0.39, 0.29) is 6.03 Å². The van der Waals surface area contributed by atoms with Gasteiger partial charge in [0.05, 0.1) is 0 Å². The molecule has 110 valence electrons. The van der Waals surface area contributed by atoms with Crippen LogP contribution in [-0.2, 0) is 0 Å². The number of amides is 2. The van der Waals surface area contributed by atoms with Crippen LogP contribution in [0.15, 0.2) is 0 Å². The normalized spacial score (nSPS) is 28.3. The van der Waals surface area contributed by atoms with Crippen LogP contribution in [0.5, 0.6) is 0 Å². The summed E-state index contributed by atoms with van der Waals surface area (Å²) in [5, 5.41) is 3.28. The third-order valence-electron chi connectivity index (χ3n) is 5.10. The van der Waals surface area contributed by atoms with E-state index in [1.54, 1.807) is 0 Å². The van der Waals surface area contributed by atoms with Crippen molar-refractivity contribution < 1.29 is 4.79 Å². The standard InChI is InChI=1S/C16H30N2O/c1-3-14-10-6-7-11-15(14)17-16(19)18(2)12-13-8-4-5-9-13/h13-15H,3-12H2,1-2H3,(H,17,19)/t14-,15+/m0/s1. The van der Waals surface area contributed by atoms with Gasteiger partial charge in [-0.1, -0.05) is 39.0 Å². The monoisotopic (exact) mass is 266 g/mol. The Bertz CT molecular complexity index is 286. The van der Waals surface area contributed by atoms with Gasteiger partial charge in [-0.2, -0.15) is 0 Å². The average Bonchev–Trinajstić information content (AvgIpc) is 2.92. The lowest BCUT2D eigenvalue weighted by Gasteiger charge is -2.33. The highest BCUT2D eigenvalue weighted by Gasteiger charge is 2.27. The largest absolute Gasteiger partial charge is 0.335 e. The van der Waals surface area contributed by atoms with Crippen molar-refractivity contribution in [1.82, 2.24) is 10.2 Å². The van der Waals surface area contributed by atoms with Crippen LogP contribution in [-0.4, -0.2) is 30.6 Å². The quantitative estimate of drug-likeness (QED) is 0.825. The molecular formula is C16H30N2O. The zero-order valence-electron chi connectivity index (χ0n) is 12.7. The van der Waals surface area contributed by atoms with Gasteiger partial charge in [0.1, 0.15) is 0 Å². The highest BCUT2D eigenvalue weighted by Crippen LogP contribution is 2.27. The topological polar surface area (TPSA) is 32.3 Å². The van der Waals surface area contributed by atoms with Crippen molar-refractivity contribution in [2.75, 3.05) is 13.6 Å². The fraction of sp³-hybridized carbons (Fsp3) is 0.938. The first-order valence-corrected chi connectivity index (χ1v) is 8.22. The second-order valence-corrected chi connectivity index (χ2v) is 6.54. The van der Waals surface area contributed by atoms with Crippen molar-refractivity contribution in [3.63, 3.8) is 0 Å². The van der Waals surface area contributed by atoms with E-state index in [4.69, 9.17) is 0 Å². The van der Waals surface area contributed by atoms with Gasteiger partial charge in [0.25, 0.3) is 0 Å². The molecule has 0 heterocycles. The average molecular weight is 266 g/mol. The molecule has 0 spiro atoms. The molecule has 2 rings (SSSR count). The van der Waals surface area contributed by atoms with Gasteiger partial charge >= 0.3 is 6.03 Å². The Morgan fingerprint density at radius 3 is 2.42 bits per heavy atom. The summed E-state index contributed by atoms with van der Waals surface area (Å²) in [6, 6.07) is 0.564. The molecule has 3 heteroatoms. The molecular weight excluding hydrogens is 236 g/mol. The van der Waals surface area contributed by atoms with Gasteiger partial charge in [-0.05, 0) is 37.5 Å². The molecule has 0 unspecified atom stereocenters. The number of rotatable bonds is 4. The van der Waals surface area contributed by atoms with E-state index < -0.39 is 0 Å². The van der Waals surface area contributed by atoms with Gasteiger partial charge < -0.3 is 10.2 Å². The molecule has 0 aromatic rings. The summed E-state index contributed by atoms with van der Waals surface area (Å²) >= 11 is 0. The molecule has 0 aromatic carbocycles. The van der Waals surface area contributed by atoms with E-state index in [1.165, 1.54) is 57.8 Å². The highest BCUT2D eigenvalue weighted by atomic mass is 16.2. The Hall–Kier alpha value is -0.730. The third kappa shape index (κ3) is 4.12. The zero-order valence-corrected chi connectivity index (χ0v) is 12.7. The lowest BCUT2D eigenvalue weighted by Crippen LogP contribution is -2.48. The second-order valence-electron chi connectivity index (χ2n) is 6.54. The minimum Gasteiger partial charge on any atom is -0.335 e. The number of urea groups is 1. The Morgan fingerprint density at radius 2 is 1.74 bits per heavy atom. The molecule has 2 atom stereocenters. The highest BCUT2D eigenvalue weighted by molar-refractivity contribution is 5.74. The fourth-order valence-corrected chi connectivity index (χ4v) is 3.82. The van der Waals surface area contributed by atoms with E-state index in [0.29, 0.717) is 12.0 Å². The van der Waals surface area contributed by atoms with Gasteiger partial charge in [-0.3, -0.25) is 0 Å². The summed E-state index contributed by atoms with van der Waals surface area (Å²) in [7, 11) is 1.96. The maximum absolute atomic E-state index is 12.3. The van der Waals surface area contributed by atoms with Gasteiger partial charge in [-0.15, -0.1) is 0 Å². The van der Waals surface area contributed by atoms with Crippen molar-refractivity contribution in [2.24, 2.45) is 11.8 Å². The van der Waals surface area contributed by atoms with E-state index >= 15 is 0 Å². The molecule has 2 amide bonds. The fourth-order valence-electron chi connectivity index (χ4n) is 3.82. The number of nitrogens with one attached hydrogen (secondary N) is 1. The summed E-state index contributed by atoms with van der Waals surface area (Å²) in [4.78, 5) is 14.2. The summed E-state index contributed by atoms with van der Waals surface area (Å²) in [6.45, 7) is 3.19. The Kier molecular flexibility index (Phi) is 5.53. The molecule has 19 heavy (non-hydrogen) atoms. The van der Waals surface area contributed by atoms with E-state index in [9.17, 15) is 4.79 Å². The minimum absolute atomic E-state index is 0.150. The van der Waals surface area contributed by atoms with Crippen LogP contribution in [0.4, 0.5) is 4.79 Å². The van der Waals surface area contributed by atoms with Crippen LogP contribution in [0, 0.1) is 11.8 Å². The minimum atomic E-state index is 0.150. The summed E-state index contributed by atoms with van der Waals surface area (Å²) in [5.41, 5.74) is 0. The maximum atomic E-state index is 12.3. The maximum Gasteiger partial charge on any atom is 0.317 e. The summed E-state index contributed by atoms with van der Waals surface area (Å²) in [5.74, 6) is 1.43. The lowest BCUT2D eigenvalue weighted by molar-refractivity contribution is 0.181. The molecule has 1 N–H and O–H groups in total. The van der Waals surface area contributed by atoms with Crippen molar-refractivity contribution in [2.45, 2.75) is 70.8 Å². The first kappa shape index (κ1) is 14.7. The molecule has 2 aliphatic rings. The number of nitrogens with zero attached hydrogens (tertiary/aromatic N) is 1. The van der Waals surface area contributed by atoms with Crippen LogP contribution in [0.3, 0.4) is 0 Å². The first-order chi connectivity index (χ1) is 9.20. The predicted octanol–water partition coefficient (Wildman–Crippen LogP) is 3.79. The first-order valence-electron chi connectivity index (χ1n) is 8.22. The smallest absolute Gasteiger partial charge is 0.317 e. The SMILES string of the molecule is CC[C@H]1CCCC[C@H]1NC(=O)N(C)CC1CCCC1. The number of carbonyl (C=O) groups is 1. The summed E-state index contributed by atoms with van der Waals surface area (Å²) in [6.07, 6.45) is 11.6. The van der Waals surface area contributed by atoms with Gasteiger partial charge in [0.2, 0.25) is 0 Å². The van der Waals surface area contributed by atoms with Gasteiger partial charge in [0, 0.05) is 19.6 Å². The van der Waals surface area contributed by atoms with Crippen LogP contribution >= 0.6 is 0 Å². The van der Waals surface area contributed by atoms with Crippen molar-refractivity contribution >= 4 is 6.03 Å². The molecule has 0 bridgehead atoms. The molecule has 0 aliphatic heterocycles. The lowest BCUT2D eigenvalue weighted by atomic mass is 9.83. The molecule has 2 fully saturated rings. The Balaban J connectivity index is 1.78. The molecule has 3 nitrogen and oxygen atoms in total. The van der Waals surface area contributed by atoms with Crippen LogP contribution in [0.2, 0.25) is 0 Å². The Morgan fingerprint density at radius 1 is 1.11 bits per heavy atom. The van der Waals surface area contributed by atoms with Crippen molar-refractivity contribution in [3.05, 3.63) is 0 Å². The van der Waals surface area contributed by atoms with E-state index in [2.05, 4.69) is 12.2 Å². The van der Waals surface area contributed by atoms with E-state index in [0.717, 1.165) is 12.5 Å². The van der Waals surface area contributed by atoms with Gasteiger partial charge in [-0.25, -0.2) is 4.79 Å². The van der Waals surface area contributed by atoms with E-state index in [1.807, 2.05) is 11.9 Å². The molecule has 0 saturated heterocycles. The summed E-state index contributed by atoms with van der Waals surface area (Å²) < 4.78 is 0. The zero-order chi connectivity index (χ0) is 13.7. The van der Waals surface area contributed by atoms with Crippen LogP contribution < -0.4 is 5.32 Å². The molecule has 2 aliphatic carbocycles. The molecule has 0 radical (unpaired) electrons. The van der Waals surface area contributed by atoms with Gasteiger partial charge in [0.15, 0.2) is 0 Å². The van der Waals surface area contributed by atoms with Crippen LogP contribution in [0.25, 0.3) is 0 Å². The number of carbonyl (C=O) groups excluding carboxylic acids is 1. The Labute approximate surface area is 118 Å². The number of hydrogen-bond donors (Lipinski definition) is 1. The predicted molar refractivity (Wildman–Crippen MR) is 79.2 cm³/mol. The van der Waals surface area contributed by atoms with Crippen molar-refractivity contribution in [1.29, 1.82) is 0 Å². The van der Waals surface area contributed by atoms with Crippen molar-refractivity contribution in [3.8, 4) is 0 Å².